The molecule has 192 valence electrons. The van der Waals surface area contributed by atoms with E-state index < -0.39 is 0 Å². The van der Waals surface area contributed by atoms with Gasteiger partial charge in [0.1, 0.15) is 5.75 Å². The third kappa shape index (κ3) is 12.6. The number of aromatic hydroxyl groups is 1. The Bertz CT molecular complexity index is 709. The van der Waals surface area contributed by atoms with E-state index in [1.54, 1.807) is 6.07 Å². The molecule has 1 amide bonds. The number of amides is 1. The van der Waals surface area contributed by atoms with Gasteiger partial charge in [-0.2, -0.15) is 0 Å². The van der Waals surface area contributed by atoms with Crippen LogP contribution in [-0.4, -0.2) is 17.6 Å². The molecule has 0 fully saturated rings. The average Bonchev–Trinajstić information content (AvgIpc) is 3.23. The van der Waals surface area contributed by atoms with E-state index in [2.05, 4.69) is 18.3 Å². The summed E-state index contributed by atoms with van der Waals surface area (Å²) in [5, 5.41) is 12.8. The van der Waals surface area contributed by atoms with Crippen LogP contribution in [0.15, 0.2) is 24.3 Å². The molecule has 0 spiro atoms. The topological polar surface area (TPSA) is 49.3 Å². The number of allylic oxidation sites excluding steroid dienone is 1. The van der Waals surface area contributed by atoms with Gasteiger partial charge in [0.2, 0.25) is 5.91 Å². The minimum atomic E-state index is 0.177. The molecule has 3 heteroatoms. The quantitative estimate of drug-likeness (QED) is 0.177. The summed E-state index contributed by atoms with van der Waals surface area (Å²) in [6.07, 6.45) is 27.8. The van der Waals surface area contributed by atoms with Crippen molar-refractivity contribution in [2.45, 2.75) is 135 Å². The highest BCUT2D eigenvalue weighted by Gasteiger charge is 2.14. The van der Waals surface area contributed by atoms with Crippen molar-refractivity contribution in [3.63, 3.8) is 0 Å². The summed E-state index contributed by atoms with van der Waals surface area (Å²) in [5.74, 6) is 0.491. The number of phenolic OH excluding ortho intramolecular Hbond substituents is 1. The van der Waals surface area contributed by atoms with Crippen LogP contribution in [0.4, 0.5) is 0 Å². The molecule has 1 aliphatic rings. The van der Waals surface area contributed by atoms with Crippen LogP contribution < -0.4 is 5.32 Å². The number of rotatable bonds is 21. The van der Waals surface area contributed by atoms with E-state index in [-0.39, 0.29) is 5.91 Å². The summed E-state index contributed by atoms with van der Waals surface area (Å²) >= 11 is 0. The molecule has 0 aliphatic heterocycles. The van der Waals surface area contributed by atoms with E-state index in [1.807, 2.05) is 12.1 Å². The number of phenols is 1. The van der Waals surface area contributed by atoms with Gasteiger partial charge in [0.15, 0.2) is 0 Å². The molecular weight excluding hydrogens is 418 g/mol. The van der Waals surface area contributed by atoms with Gasteiger partial charge < -0.3 is 10.4 Å². The van der Waals surface area contributed by atoms with Gasteiger partial charge in [0, 0.05) is 13.0 Å². The molecule has 0 bridgehead atoms. The van der Waals surface area contributed by atoms with E-state index in [1.165, 1.54) is 114 Å². The van der Waals surface area contributed by atoms with Crippen molar-refractivity contribution < 1.29 is 9.90 Å². The van der Waals surface area contributed by atoms with Crippen LogP contribution in [0.1, 0.15) is 140 Å². The second-order valence-electron chi connectivity index (χ2n) is 10.3. The lowest BCUT2D eigenvalue weighted by atomic mass is 10.0. The van der Waals surface area contributed by atoms with Crippen LogP contribution in [0.25, 0.3) is 5.57 Å². The van der Waals surface area contributed by atoms with Gasteiger partial charge in [-0.1, -0.05) is 122 Å². The van der Waals surface area contributed by atoms with Gasteiger partial charge in [-0.15, -0.1) is 0 Å². The van der Waals surface area contributed by atoms with Crippen molar-refractivity contribution in [2.75, 3.05) is 6.54 Å². The summed E-state index contributed by atoms with van der Waals surface area (Å²) in [5.41, 5.74) is 3.65. The van der Waals surface area contributed by atoms with Crippen LogP contribution in [0, 0.1) is 0 Å². The standard InChI is InChI=1S/C31H51NO2/c1-2-3-4-5-6-7-8-9-10-11-12-13-14-15-16-17-18-19-31(34)32-25-24-28-21-20-27-22-23-29(33)26-30(27)28/h21-23,26,33H,2-20,24-25H2,1H3,(H,32,34). The molecule has 0 radical (unpaired) electrons. The Hall–Kier alpha value is -1.77. The summed E-state index contributed by atoms with van der Waals surface area (Å²) in [7, 11) is 0. The first-order valence-corrected chi connectivity index (χ1v) is 14.5. The molecule has 0 saturated heterocycles. The SMILES string of the molecule is CCCCCCCCCCCCCCCCCCCC(=O)NCCC1=CCc2ccc(O)cc21. The third-order valence-electron chi connectivity index (χ3n) is 7.23. The third-order valence-corrected chi connectivity index (χ3v) is 7.23. The number of nitrogens with one attached hydrogen (secondary N) is 1. The van der Waals surface area contributed by atoms with Crippen LogP contribution in [-0.2, 0) is 11.2 Å². The normalized spacial score (nSPS) is 12.6. The van der Waals surface area contributed by atoms with Crippen molar-refractivity contribution in [2.24, 2.45) is 0 Å². The molecular formula is C31H51NO2. The zero-order valence-electron chi connectivity index (χ0n) is 22.0. The first-order valence-electron chi connectivity index (χ1n) is 14.5. The number of fused-ring (bicyclic) bond motifs is 1. The van der Waals surface area contributed by atoms with Gasteiger partial charge in [-0.05, 0) is 48.1 Å². The second kappa shape index (κ2) is 18.5. The smallest absolute Gasteiger partial charge is 0.220 e. The molecule has 0 saturated carbocycles. The first kappa shape index (κ1) is 28.5. The van der Waals surface area contributed by atoms with Crippen molar-refractivity contribution in [1.29, 1.82) is 0 Å². The minimum absolute atomic E-state index is 0.177. The summed E-state index contributed by atoms with van der Waals surface area (Å²) in [6, 6.07) is 5.58. The molecule has 1 aromatic rings. The average molecular weight is 470 g/mol. The van der Waals surface area contributed by atoms with Crippen molar-refractivity contribution in [3.8, 4) is 5.75 Å². The molecule has 0 atom stereocenters. The Balaban J connectivity index is 1.32. The summed E-state index contributed by atoms with van der Waals surface area (Å²) in [4.78, 5) is 12.1. The Labute approximate surface area is 209 Å². The number of unbranched alkanes of at least 4 members (excludes halogenated alkanes) is 16. The highest BCUT2D eigenvalue weighted by Crippen LogP contribution is 2.32. The highest BCUT2D eigenvalue weighted by atomic mass is 16.3. The molecule has 2 rings (SSSR count). The van der Waals surface area contributed by atoms with E-state index in [0.717, 1.165) is 24.8 Å². The maximum Gasteiger partial charge on any atom is 0.220 e. The summed E-state index contributed by atoms with van der Waals surface area (Å²) < 4.78 is 0. The molecule has 0 heterocycles. The van der Waals surface area contributed by atoms with E-state index >= 15 is 0 Å². The van der Waals surface area contributed by atoms with E-state index in [0.29, 0.717) is 18.7 Å². The Morgan fingerprint density at radius 3 is 1.88 bits per heavy atom. The molecule has 1 aliphatic carbocycles. The lowest BCUT2D eigenvalue weighted by Gasteiger charge is -2.08. The first-order chi connectivity index (χ1) is 16.7. The zero-order chi connectivity index (χ0) is 24.3. The fraction of sp³-hybridized carbons (Fsp3) is 0.710. The van der Waals surface area contributed by atoms with Gasteiger partial charge in [-0.3, -0.25) is 4.79 Å². The summed E-state index contributed by atoms with van der Waals surface area (Å²) in [6.45, 7) is 2.96. The maximum absolute atomic E-state index is 12.1. The molecule has 0 unspecified atom stereocenters. The van der Waals surface area contributed by atoms with Gasteiger partial charge >= 0.3 is 0 Å². The molecule has 1 aromatic carbocycles. The Morgan fingerprint density at radius 2 is 1.32 bits per heavy atom. The van der Waals surface area contributed by atoms with Crippen molar-refractivity contribution >= 4 is 11.5 Å². The number of benzene rings is 1. The lowest BCUT2D eigenvalue weighted by Crippen LogP contribution is -2.24. The van der Waals surface area contributed by atoms with E-state index in [9.17, 15) is 9.90 Å². The fourth-order valence-corrected chi connectivity index (χ4v) is 5.06. The molecule has 2 N–H and O–H groups in total. The number of hydrogen-bond acceptors (Lipinski definition) is 2. The van der Waals surface area contributed by atoms with Gasteiger partial charge in [0.05, 0.1) is 0 Å². The second-order valence-corrected chi connectivity index (χ2v) is 10.3. The van der Waals surface area contributed by atoms with E-state index in [4.69, 9.17) is 0 Å². The highest BCUT2D eigenvalue weighted by molar-refractivity contribution is 5.77. The minimum Gasteiger partial charge on any atom is -0.508 e. The number of carbonyl (C=O) groups is 1. The fourth-order valence-electron chi connectivity index (χ4n) is 5.06. The van der Waals surface area contributed by atoms with Gasteiger partial charge in [0.25, 0.3) is 0 Å². The van der Waals surface area contributed by atoms with Crippen LogP contribution in [0.3, 0.4) is 0 Å². The van der Waals surface area contributed by atoms with Gasteiger partial charge in [-0.25, -0.2) is 0 Å². The molecule has 0 aromatic heterocycles. The maximum atomic E-state index is 12.1. The predicted molar refractivity (Wildman–Crippen MR) is 146 cm³/mol. The Morgan fingerprint density at radius 1 is 0.794 bits per heavy atom. The number of carbonyl (C=O) groups excluding carboxylic acids is 1. The zero-order valence-corrected chi connectivity index (χ0v) is 22.0. The molecule has 34 heavy (non-hydrogen) atoms. The van der Waals surface area contributed by atoms with Crippen LogP contribution >= 0.6 is 0 Å². The monoisotopic (exact) mass is 469 g/mol. The largest absolute Gasteiger partial charge is 0.508 e. The lowest BCUT2D eigenvalue weighted by molar-refractivity contribution is -0.121. The van der Waals surface area contributed by atoms with Crippen molar-refractivity contribution in [1.82, 2.24) is 5.32 Å². The molecule has 3 nitrogen and oxygen atoms in total. The predicted octanol–water partition coefficient (Wildman–Crippen LogP) is 8.88. The Kier molecular flexibility index (Phi) is 15.5. The van der Waals surface area contributed by atoms with Crippen LogP contribution in [0.2, 0.25) is 0 Å². The number of hydrogen-bond donors (Lipinski definition) is 2. The van der Waals surface area contributed by atoms with Crippen LogP contribution in [0.5, 0.6) is 5.75 Å². The van der Waals surface area contributed by atoms with Crippen molar-refractivity contribution in [3.05, 3.63) is 35.4 Å².